The molecule has 1 aliphatic carbocycles. The summed E-state index contributed by atoms with van der Waals surface area (Å²) < 4.78 is 27.8. The van der Waals surface area contributed by atoms with E-state index in [0.29, 0.717) is 0 Å². The quantitative estimate of drug-likeness (QED) is 0.810. The summed E-state index contributed by atoms with van der Waals surface area (Å²) in [7, 11) is -3.33. The lowest BCUT2D eigenvalue weighted by Crippen LogP contribution is -2.46. The van der Waals surface area contributed by atoms with Gasteiger partial charge < -0.3 is 0 Å². The minimum absolute atomic E-state index is 0.209. The Labute approximate surface area is 133 Å². The number of nitrogens with one attached hydrogen (secondary N) is 1. The third-order valence-electron chi connectivity index (χ3n) is 4.24. The molecule has 2 rings (SSSR count). The molecular formula is C16H24ClNO2S. The molecule has 0 bridgehead atoms. The molecule has 1 saturated carbocycles. The number of sulfonamides is 1. The molecule has 1 atom stereocenters. The molecule has 1 fully saturated rings. The second kappa shape index (κ2) is 7.12. The molecule has 118 valence electrons. The van der Waals surface area contributed by atoms with Crippen LogP contribution in [0.3, 0.4) is 0 Å². The molecule has 1 N–H and O–H groups in total. The van der Waals surface area contributed by atoms with Crippen LogP contribution >= 0.6 is 11.6 Å². The van der Waals surface area contributed by atoms with Crippen molar-refractivity contribution >= 4 is 21.6 Å². The van der Waals surface area contributed by atoms with Crippen molar-refractivity contribution in [3.63, 3.8) is 0 Å². The standard InChI is InChI=1S/C16H24ClNO2S/c1-16(13-17,15-10-6-3-7-11-15)18-21(19,20)12-14-8-4-2-5-9-14/h3,6-7,10-11,14,18H,2,4-5,8-9,12-13H2,1H3. The summed E-state index contributed by atoms with van der Waals surface area (Å²) in [6.45, 7) is 1.84. The van der Waals surface area contributed by atoms with Gasteiger partial charge in [-0.25, -0.2) is 13.1 Å². The van der Waals surface area contributed by atoms with Crippen molar-refractivity contribution in [2.24, 2.45) is 5.92 Å². The predicted octanol–water partition coefficient (Wildman–Crippen LogP) is 3.64. The highest BCUT2D eigenvalue weighted by atomic mass is 35.5. The molecule has 1 aromatic carbocycles. The van der Waals surface area contributed by atoms with Gasteiger partial charge in [0.05, 0.1) is 11.3 Å². The Morgan fingerprint density at radius 2 is 1.81 bits per heavy atom. The van der Waals surface area contributed by atoms with E-state index in [9.17, 15) is 8.42 Å². The smallest absolute Gasteiger partial charge is 0.212 e. The molecule has 21 heavy (non-hydrogen) atoms. The van der Waals surface area contributed by atoms with Crippen LogP contribution in [0, 0.1) is 5.92 Å². The van der Waals surface area contributed by atoms with Crippen LogP contribution in [0.5, 0.6) is 0 Å². The topological polar surface area (TPSA) is 46.2 Å². The normalized spacial score (nSPS) is 20.1. The van der Waals surface area contributed by atoms with Crippen molar-refractivity contribution in [3.05, 3.63) is 35.9 Å². The fourth-order valence-corrected chi connectivity index (χ4v) is 5.23. The van der Waals surface area contributed by atoms with E-state index in [1.165, 1.54) is 6.42 Å². The minimum Gasteiger partial charge on any atom is -0.212 e. The van der Waals surface area contributed by atoms with Crippen LogP contribution in [-0.4, -0.2) is 20.1 Å². The first-order valence-corrected chi connectivity index (χ1v) is 9.77. The lowest BCUT2D eigenvalue weighted by atomic mass is 9.91. The summed E-state index contributed by atoms with van der Waals surface area (Å²) >= 11 is 6.07. The highest BCUT2D eigenvalue weighted by Gasteiger charge is 2.32. The zero-order chi connectivity index (χ0) is 15.3. The lowest BCUT2D eigenvalue weighted by molar-refractivity contribution is 0.380. The van der Waals surface area contributed by atoms with Crippen LogP contribution in [-0.2, 0) is 15.6 Å². The van der Waals surface area contributed by atoms with E-state index >= 15 is 0 Å². The molecule has 0 radical (unpaired) electrons. The molecule has 1 aromatic rings. The maximum absolute atomic E-state index is 12.5. The van der Waals surface area contributed by atoms with Crippen LogP contribution in [0.1, 0.15) is 44.6 Å². The number of hydrogen-bond acceptors (Lipinski definition) is 2. The molecular weight excluding hydrogens is 306 g/mol. The minimum atomic E-state index is -3.33. The van der Waals surface area contributed by atoms with Gasteiger partial charge in [0.15, 0.2) is 0 Å². The summed E-state index contributed by atoms with van der Waals surface area (Å²) in [5.74, 6) is 0.708. The van der Waals surface area contributed by atoms with Crippen molar-refractivity contribution < 1.29 is 8.42 Å². The summed E-state index contributed by atoms with van der Waals surface area (Å²) in [5, 5.41) is 0. The SMILES string of the molecule is CC(CCl)(NS(=O)(=O)CC1CCCCC1)c1ccccc1. The van der Waals surface area contributed by atoms with E-state index in [4.69, 9.17) is 11.6 Å². The third-order valence-corrected chi connectivity index (χ3v) is 6.45. The lowest BCUT2D eigenvalue weighted by Gasteiger charge is -2.30. The second-order valence-corrected chi connectivity index (χ2v) is 8.25. The zero-order valence-electron chi connectivity index (χ0n) is 12.5. The van der Waals surface area contributed by atoms with Crippen molar-refractivity contribution in [2.45, 2.75) is 44.6 Å². The summed E-state index contributed by atoms with van der Waals surface area (Å²) in [4.78, 5) is 0. The van der Waals surface area contributed by atoms with Gasteiger partial charge in [0.2, 0.25) is 10.0 Å². The van der Waals surface area contributed by atoms with Gasteiger partial charge in [0.25, 0.3) is 0 Å². The Morgan fingerprint density at radius 3 is 2.38 bits per heavy atom. The Balaban J connectivity index is 2.09. The van der Waals surface area contributed by atoms with Gasteiger partial charge in [-0.2, -0.15) is 0 Å². The Kier molecular flexibility index (Phi) is 5.69. The third kappa shape index (κ3) is 4.70. The molecule has 0 aromatic heterocycles. The van der Waals surface area contributed by atoms with Gasteiger partial charge in [-0.05, 0) is 31.2 Å². The Hall–Kier alpha value is -0.580. The largest absolute Gasteiger partial charge is 0.212 e. The van der Waals surface area contributed by atoms with E-state index in [0.717, 1.165) is 31.2 Å². The van der Waals surface area contributed by atoms with Crippen LogP contribution in [0.15, 0.2) is 30.3 Å². The van der Waals surface area contributed by atoms with Gasteiger partial charge >= 0.3 is 0 Å². The van der Waals surface area contributed by atoms with Gasteiger partial charge in [-0.15, -0.1) is 11.6 Å². The van der Waals surface area contributed by atoms with Gasteiger partial charge in [-0.1, -0.05) is 49.6 Å². The zero-order valence-corrected chi connectivity index (χ0v) is 14.1. The fourth-order valence-electron chi connectivity index (χ4n) is 3.02. The van der Waals surface area contributed by atoms with Crippen LogP contribution in [0.4, 0.5) is 0 Å². The van der Waals surface area contributed by atoms with Crippen molar-refractivity contribution in [2.75, 3.05) is 11.6 Å². The van der Waals surface area contributed by atoms with Crippen molar-refractivity contribution in [3.8, 4) is 0 Å². The summed E-state index contributed by atoms with van der Waals surface area (Å²) in [5.41, 5.74) is 0.142. The molecule has 3 nitrogen and oxygen atoms in total. The van der Waals surface area contributed by atoms with Gasteiger partial charge in [-0.3, -0.25) is 0 Å². The molecule has 0 aliphatic heterocycles. The van der Waals surface area contributed by atoms with E-state index in [1.807, 2.05) is 37.3 Å². The maximum Gasteiger partial charge on any atom is 0.212 e. The van der Waals surface area contributed by atoms with Crippen molar-refractivity contribution in [1.29, 1.82) is 0 Å². The first-order valence-electron chi connectivity index (χ1n) is 7.58. The Morgan fingerprint density at radius 1 is 1.19 bits per heavy atom. The van der Waals surface area contributed by atoms with Gasteiger partial charge in [0.1, 0.15) is 0 Å². The summed E-state index contributed by atoms with van der Waals surface area (Å²) in [6.07, 6.45) is 5.55. The van der Waals surface area contributed by atoms with Crippen LogP contribution < -0.4 is 4.72 Å². The van der Waals surface area contributed by atoms with Gasteiger partial charge in [0, 0.05) is 5.88 Å². The second-order valence-electron chi connectivity index (χ2n) is 6.22. The molecule has 0 amide bonds. The fraction of sp³-hybridized carbons (Fsp3) is 0.625. The van der Waals surface area contributed by atoms with Crippen LogP contribution in [0.25, 0.3) is 0 Å². The molecule has 0 heterocycles. The molecule has 1 aliphatic rings. The van der Waals surface area contributed by atoms with Crippen LogP contribution in [0.2, 0.25) is 0 Å². The molecule has 5 heteroatoms. The molecule has 0 spiro atoms. The first kappa shape index (κ1) is 16.8. The van der Waals surface area contributed by atoms with Crippen molar-refractivity contribution in [1.82, 2.24) is 4.72 Å². The number of rotatable bonds is 6. The highest BCUT2D eigenvalue weighted by Crippen LogP contribution is 2.27. The number of halogens is 1. The average Bonchev–Trinajstić information content (AvgIpc) is 2.48. The highest BCUT2D eigenvalue weighted by molar-refractivity contribution is 7.89. The first-order chi connectivity index (χ1) is 9.95. The van der Waals surface area contributed by atoms with E-state index in [1.54, 1.807) is 0 Å². The number of benzene rings is 1. The number of hydrogen-bond donors (Lipinski definition) is 1. The van der Waals surface area contributed by atoms with E-state index in [-0.39, 0.29) is 17.6 Å². The Bertz CT molecular complexity index is 541. The molecule has 0 saturated heterocycles. The average molecular weight is 330 g/mol. The number of alkyl halides is 1. The summed E-state index contributed by atoms with van der Waals surface area (Å²) in [6, 6.07) is 9.52. The van der Waals surface area contributed by atoms with E-state index in [2.05, 4.69) is 4.72 Å². The maximum atomic E-state index is 12.5. The molecule has 1 unspecified atom stereocenters. The van der Waals surface area contributed by atoms with E-state index < -0.39 is 15.6 Å². The predicted molar refractivity (Wildman–Crippen MR) is 88.0 cm³/mol. The monoisotopic (exact) mass is 329 g/mol.